The highest BCUT2D eigenvalue weighted by atomic mass is 16.7. The molecule has 0 aromatic heterocycles. The predicted molar refractivity (Wildman–Crippen MR) is 50.6 cm³/mol. The summed E-state index contributed by atoms with van der Waals surface area (Å²) in [7, 11) is 0. The summed E-state index contributed by atoms with van der Waals surface area (Å²) in [6.45, 7) is 2.13. The Balaban J connectivity index is 1.79. The molecule has 0 amide bonds. The summed E-state index contributed by atoms with van der Waals surface area (Å²) in [5.74, 6) is 0. The van der Waals surface area contributed by atoms with Crippen molar-refractivity contribution >= 4 is 5.69 Å². The molecule has 1 aliphatic heterocycles. The first-order valence-corrected chi connectivity index (χ1v) is 4.47. The third-order valence-electron chi connectivity index (χ3n) is 1.94. The van der Waals surface area contributed by atoms with Crippen molar-refractivity contribution in [3.05, 3.63) is 30.3 Å². The summed E-state index contributed by atoms with van der Waals surface area (Å²) in [6, 6.07) is 10.0. The molecule has 1 fully saturated rings. The van der Waals surface area contributed by atoms with Crippen LogP contribution in [0.25, 0.3) is 0 Å². The van der Waals surface area contributed by atoms with Gasteiger partial charge in [0.05, 0.1) is 19.8 Å². The normalized spacial score (nSPS) is 17.5. The van der Waals surface area contributed by atoms with Crippen LogP contribution in [0.4, 0.5) is 5.69 Å². The number of hydrogen-bond acceptors (Lipinski definition) is 3. The maximum atomic E-state index is 5.29. The van der Waals surface area contributed by atoms with E-state index < -0.39 is 0 Å². The molecule has 3 heteroatoms. The summed E-state index contributed by atoms with van der Waals surface area (Å²) in [5, 5.41) is 3.24. The SMILES string of the molecule is c1ccc(NCC2OCCO2)cc1. The van der Waals surface area contributed by atoms with Gasteiger partial charge in [0.1, 0.15) is 0 Å². The number of ether oxygens (including phenoxy) is 2. The Labute approximate surface area is 77.7 Å². The second kappa shape index (κ2) is 4.25. The van der Waals surface area contributed by atoms with Crippen LogP contribution in [0, 0.1) is 0 Å². The molecule has 1 heterocycles. The minimum atomic E-state index is -0.0831. The molecule has 1 aromatic carbocycles. The van der Waals surface area contributed by atoms with Gasteiger partial charge in [-0.15, -0.1) is 0 Å². The summed E-state index contributed by atoms with van der Waals surface area (Å²) < 4.78 is 10.6. The van der Waals surface area contributed by atoms with E-state index in [0.717, 1.165) is 5.69 Å². The lowest BCUT2D eigenvalue weighted by Gasteiger charge is -2.10. The molecule has 1 aromatic rings. The summed E-state index contributed by atoms with van der Waals surface area (Å²) in [4.78, 5) is 0. The fraction of sp³-hybridized carbons (Fsp3) is 0.400. The Morgan fingerprint density at radius 2 is 1.85 bits per heavy atom. The molecular formula is C10H13NO2. The summed E-state index contributed by atoms with van der Waals surface area (Å²) in [5.41, 5.74) is 1.10. The molecule has 0 spiro atoms. The molecule has 70 valence electrons. The molecule has 0 saturated carbocycles. The molecule has 1 aliphatic rings. The van der Waals surface area contributed by atoms with Gasteiger partial charge < -0.3 is 14.8 Å². The Morgan fingerprint density at radius 3 is 2.54 bits per heavy atom. The number of benzene rings is 1. The van der Waals surface area contributed by atoms with E-state index in [1.807, 2.05) is 30.3 Å². The quantitative estimate of drug-likeness (QED) is 0.762. The highest BCUT2D eigenvalue weighted by molar-refractivity contribution is 5.42. The summed E-state index contributed by atoms with van der Waals surface area (Å²) in [6.07, 6.45) is -0.0831. The molecule has 2 rings (SSSR count). The van der Waals surface area contributed by atoms with E-state index in [1.54, 1.807) is 0 Å². The van der Waals surface area contributed by atoms with Crippen molar-refractivity contribution in [2.24, 2.45) is 0 Å². The molecule has 0 atom stereocenters. The fourth-order valence-corrected chi connectivity index (χ4v) is 1.28. The van der Waals surface area contributed by atoms with Gasteiger partial charge in [-0.2, -0.15) is 0 Å². The van der Waals surface area contributed by atoms with Crippen molar-refractivity contribution in [1.29, 1.82) is 0 Å². The van der Waals surface area contributed by atoms with Gasteiger partial charge in [0.25, 0.3) is 0 Å². The van der Waals surface area contributed by atoms with Crippen molar-refractivity contribution in [1.82, 2.24) is 0 Å². The molecule has 0 aliphatic carbocycles. The monoisotopic (exact) mass is 179 g/mol. The topological polar surface area (TPSA) is 30.5 Å². The van der Waals surface area contributed by atoms with Gasteiger partial charge >= 0.3 is 0 Å². The van der Waals surface area contributed by atoms with E-state index in [1.165, 1.54) is 0 Å². The predicted octanol–water partition coefficient (Wildman–Crippen LogP) is 1.47. The minimum absolute atomic E-state index is 0.0831. The van der Waals surface area contributed by atoms with Crippen molar-refractivity contribution in [2.75, 3.05) is 25.1 Å². The zero-order valence-corrected chi connectivity index (χ0v) is 7.40. The highest BCUT2D eigenvalue weighted by Crippen LogP contribution is 2.08. The third-order valence-corrected chi connectivity index (χ3v) is 1.94. The van der Waals surface area contributed by atoms with Crippen LogP contribution in [-0.2, 0) is 9.47 Å². The standard InChI is InChI=1S/C10H13NO2/c1-2-4-9(5-3-1)11-8-10-12-6-7-13-10/h1-5,10-11H,6-8H2. The van der Waals surface area contributed by atoms with Crippen LogP contribution in [0.3, 0.4) is 0 Å². The fourth-order valence-electron chi connectivity index (χ4n) is 1.28. The van der Waals surface area contributed by atoms with Gasteiger partial charge in [0, 0.05) is 5.69 Å². The Morgan fingerprint density at radius 1 is 1.15 bits per heavy atom. The number of para-hydroxylation sites is 1. The zero-order valence-electron chi connectivity index (χ0n) is 7.40. The third kappa shape index (κ3) is 2.44. The lowest BCUT2D eigenvalue weighted by Crippen LogP contribution is -2.20. The Kier molecular flexibility index (Phi) is 2.79. The first-order valence-electron chi connectivity index (χ1n) is 4.47. The number of nitrogens with one attached hydrogen (secondary N) is 1. The molecule has 0 radical (unpaired) electrons. The average Bonchev–Trinajstić information content (AvgIpc) is 2.69. The van der Waals surface area contributed by atoms with E-state index in [-0.39, 0.29) is 6.29 Å². The van der Waals surface area contributed by atoms with Gasteiger partial charge in [-0.25, -0.2) is 0 Å². The second-order valence-electron chi connectivity index (χ2n) is 2.92. The zero-order chi connectivity index (χ0) is 8.93. The van der Waals surface area contributed by atoms with Gasteiger partial charge in [-0.05, 0) is 12.1 Å². The van der Waals surface area contributed by atoms with E-state index in [2.05, 4.69) is 5.32 Å². The number of rotatable bonds is 3. The largest absolute Gasteiger partial charge is 0.380 e. The number of hydrogen-bond donors (Lipinski definition) is 1. The van der Waals surface area contributed by atoms with Gasteiger partial charge in [0.2, 0.25) is 0 Å². The number of anilines is 1. The van der Waals surface area contributed by atoms with E-state index in [9.17, 15) is 0 Å². The van der Waals surface area contributed by atoms with Crippen LogP contribution in [0.5, 0.6) is 0 Å². The van der Waals surface area contributed by atoms with Crippen LogP contribution in [0.15, 0.2) is 30.3 Å². The van der Waals surface area contributed by atoms with Crippen LogP contribution in [0.1, 0.15) is 0 Å². The van der Waals surface area contributed by atoms with Gasteiger partial charge in [0.15, 0.2) is 6.29 Å². The average molecular weight is 179 g/mol. The van der Waals surface area contributed by atoms with Crippen LogP contribution in [0.2, 0.25) is 0 Å². The summed E-state index contributed by atoms with van der Waals surface area (Å²) >= 11 is 0. The lowest BCUT2D eigenvalue weighted by molar-refractivity contribution is -0.0299. The second-order valence-corrected chi connectivity index (χ2v) is 2.92. The minimum Gasteiger partial charge on any atom is -0.380 e. The van der Waals surface area contributed by atoms with Crippen LogP contribution >= 0.6 is 0 Å². The molecule has 0 unspecified atom stereocenters. The Bertz CT molecular complexity index is 244. The molecule has 1 saturated heterocycles. The lowest BCUT2D eigenvalue weighted by atomic mass is 10.3. The van der Waals surface area contributed by atoms with Gasteiger partial charge in [-0.3, -0.25) is 0 Å². The first-order chi connectivity index (χ1) is 6.45. The molecule has 1 N–H and O–H groups in total. The maximum Gasteiger partial charge on any atom is 0.174 e. The molecular weight excluding hydrogens is 166 g/mol. The van der Waals surface area contributed by atoms with Crippen LogP contribution < -0.4 is 5.32 Å². The van der Waals surface area contributed by atoms with Crippen molar-refractivity contribution in [3.63, 3.8) is 0 Å². The van der Waals surface area contributed by atoms with E-state index >= 15 is 0 Å². The smallest absolute Gasteiger partial charge is 0.174 e. The van der Waals surface area contributed by atoms with Crippen molar-refractivity contribution in [3.8, 4) is 0 Å². The van der Waals surface area contributed by atoms with E-state index in [0.29, 0.717) is 19.8 Å². The maximum absolute atomic E-state index is 5.29. The van der Waals surface area contributed by atoms with Crippen LogP contribution in [-0.4, -0.2) is 26.0 Å². The molecule has 0 bridgehead atoms. The van der Waals surface area contributed by atoms with Crippen molar-refractivity contribution in [2.45, 2.75) is 6.29 Å². The first kappa shape index (κ1) is 8.53. The van der Waals surface area contributed by atoms with E-state index in [4.69, 9.17) is 9.47 Å². The highest BCUT2D eigenvalue weighted by Gasteiger charge is 2.14. The molecule has 3 nitrogen and oxygen atoms in total. The van der Waals surface area contributed by atoms with Crippen molar-refractivity contribution < 1.29 is 9.47 Å². The molecule has 13 heavy (non-hydrogen) atoms. The van der Waals surface area contributed by atoms with Gasteiger partial charge in [-0.1, -0.05) is 18.2 Å². The Hall–Kier alpha value is -1.06.